The summed E-state index contributed by atoms with van der Waals surface area (Å²) in [6.45, 7) is 0.343. The molecular weight excluding hydrogens is 448 g/mol. The van der Waals surface area contributed by atoms with Gasteiger partial charge in [-0.1, -0.05) is 41.9 Å². The van der Waals surface area contributed by atoms with E-state index in [1.165, 1.54) is 0 Å². The van der Waals surface area contributed by atoms with Crippen LogP contribution < -0.4 is 10.1 Å². The highest BCUT2D eigenvalue weighted by molar-refractivity contribution is 6.31. The first-order chi connectivity index (χ1) is 16.7. The summed E-state index contributed by atoms with van der Waals surface area (Å²) in [6.07, 6.45) is 3.81. The van der Waals surface area contributed by atoms with Gasteiger partial charge in [0.1, 0.15) is 17.3 Å². The van der Waals surface area contributed by atoms with Crippen LogP contribution in [0.2, 0.25) is 5.02 Å². The fourth-order valence-corrected chi connectivity index (χ4v) is 4.26. The molecule has 0 radical (unpaired) electrons. The van der Waals surface area contributed by atoms with Gasteiger partial charge in [0.25, 0.3) is 0 Å². The quantitative estimate of drug-likeness (QED) is 0.255. The second kappa shape index (κ2) is 9.89. The van der Waals surface area contributed by atoms with Gasteiger partial charge in [0.15, 0.2) is 0 Å². The molecule has 5 nitrogen and oxygen atoms in total. The van der Waals surface area contributed by atoms with Gasteiger partial charge >= 0.3 is 0 Å². The lowest BCUT2D eigenvalue weighted by molar-refractivity contribution is -0.121. The first kappa shape index (κ1) is 21.9. The number of H-pyrrole nitrogens is 1. The second-order valence-electron chi connectivity index (χ2n) is 8.03. The van der Waals surface area contributed by atoms with E-state index in [0.717, 1.165) is 27.8 Å². The maximum Gasteiger partial charge on any atom is 0.221 e. The molecule has 0 aliphatic rings. The normalized spacial score (nSPS) is 11.9. The molecule has 0 fully saturated rings. The predicted molar refractivity (Wildman–Crippen MR) is 133 cm³/mol. The van der Waals surface area contributed by atoms with Crippen molar-refractivity contribution < 1.29 is 13.9 Å². The zero-order chi connectivity index (χ0) is 23.3. The molecule has 2 aromatic heterocycles. The first-order valence-electron chi connectivity index (χ1n) is 11.0. The molecule has 0 aliphatic heterocycles. The monoisotopic (exact) mass is 470 g/mol. The Morgan fingerprint density at radius 3 is 2.65 bits per heavy atom. The molecule has 3 aromatic carbocycles. The molecule has 0 saturated heterocycles. The number of carbonyl (C=O) groups excluding carboxylic acids is 1. The van der Waals surface area contributed by atoms with Gasteiger partial charge in [-0.2, -0.15) is 0 Å². The third kappa shape index (κ3) is 5.00. The number of rotatable bonds is 8. The lowest BCUT2D eigenvalue weighted by atomic mass is 9.88. The average Bonchev–Trinajstić information content (AvgIpc) is 3.52. The largest absolute Gasteiger partial charge is 0.467 e. The van der Waals surface area contributed by atoms with Crippen molar-refractivity contribution in [2.75, 3.05) is 0 Å². The van der Waals surface area contributed by atoms with Crippen LogP contribution in [0.25, 0.3) is 10.9 Å². The van der Waals surface area contributed by atoms with Gasteiger partial charge in [-0.05, 0) is 65.7 Å². The maximum atomic E-state index is 13.0. The lowest BCUT2D eigenvalue weighted by Crippen LogP contribution is -2.24. The summed E-state index contributed by atoms with van der Waals surface area (Å²) >= 11 is 6.30. The number of halogens is 1. The van der Waals surface area contributed by atoms with E-state index < -0.39 is 0 Å². The number of aromatic amines is 1. The van der Waals surface area contributed by atoms with Crippen molar-refractivity contribution >= 4 is 28.4 Å². The summed E-state index contributed by atoms with van der Waals surface area (Å²) < 4.78 is 11.4. The van der Waals surface area contributed by atoms with Crippen molar-refractivity contribution in [1.29, 1.82) is 0 Å². The number of hydrogen-bond acceptors (Lipinski definition) is 3. The summed E-state index contributed by atoms with van der Waals surface area (Å²) in [5.41, 5.74) is 2.95. The van der Waals surface area contributed by atoms with Crippen LogP contribution in [0.15, 0.2) is 102 Å². The summed E-state index contributed by atoms with van der Waals surface area (Å²) in [5, 5.41) is 4.60. The average molecular weight is 471 g/mol. The minimum Gasteiger partial charge on any atom is -0.467 e. The number of ether oxygens (including phenoxy) is 1. The van der Waals surface area contributed by atoms with Crippen molar-refractivity contribution in [2.45, 2.75) is 18.9 Å². The van der Waals surface area contributed by atoms with Gasteiger partial charge in [0.2, 0.25) is 5.91 Å². The van der Waals surface area contributed by atoms with Crippen LogP contribution in [0.4, 0.5) is 0 Å². The molecule has 0 unspecified atom stereocenters. The minimum absolute atomic E-state index is 0.0767. The highest BCUT2D eigenvalue weighted by Gasteiger charge is 2.22. The number of para-hydroxylation sites is 1. The molecule has 6 heteroatoms. The van der Waals surface area contributed by atoms with Crippen LogP contribution in [0.5, 0.6) is 11.5 Å². The summed E-state index contributed by atoms with van der Waals surface area (Å²) in [5.74, 6) is 1.89. The van der Waals surface area contributed by atoms with E-state index in [0.29, 0.717) is 23.1 Å². The van der Waals surface area contributed by atoms with Gasteiger partial charge in [0, 0.05) is 34.5 Å². The third-order valence-corrected chi connectivity index (χ3v) is 5.96. The Kier molecular flexibility index (Phi) is 6.36. The Hall–Kier alpha value is -3.96. The zero-order valence-electron chi connectivity index (χ0n) is 18.3. The second-order valence-corrected chi connectivity index (χ2v) is 8.47. The molecule has 0 aliphatic carbocycles. The topological polar surface area (TPSA) is 67.3 Å². The molecule has 5 aromatic rings. The highest BCUT2D eigenvalue weighted by atomic mass is 35.5. The first-order valence-corrected chi connectivity index (χ1v) is 11.4. The standard InChI is InChI=1S/C28H23ClN2O3/c29-20-11-12-27-25(15-20)26(18-30-27)24(16-28(32)31-17-23-10-5-13-33-23)19-6-4-9-22(14-19)34-21-7-2-1-3-8-21/h1-15,18,24,30H,16-17H2,(H,31,32)/t24-/m1/s1. The number of amides is 1. The number of nitrogens with one attached hydrogen (secondary N) is 2. The van der Waals surface area contributed by atoms with E-state index in [4.69, 9.17) is 20.8 Å². The van der Waals surface area contributed by atoms with Gasteiger partial charge in [-0.25, -0.2) is 0 Å². The summed E-state index contributed by atoms with van der Waals surface area (Å²) in [6, 6.07) is 26.9. The number of aromatic nitrogens is 1. The Morgan fingerprint density at radius 2 is 1.82 bits per heavy atom. The third-order valence-electron chi connectivity index (χ3n) is 5.72. The molecule has 2 N–H and O–H groups in total. The Morgan fingerprint density at radius 1 is 0.971 bits per heavy atom. The molecular formula is C28H23ClN2O3. The molecule has 1 atom stereocenters. The van der Waals surface area contributed by atoms with Crippen LogP contribution >= 0.6 is 11.6 Å². The molecule has 0 spiro atoms. The number of hydrogen-bond donors (Lipinski definition) is 2. The van der Waals surface area contributed by atoms with E-state index in [2.05, 4.69) is 10.3 Å². The van der Waals surface area contributed by atoms with Crippen molar-refractivity contribution in [3.63, 3.8) is 0 Å². The van der Waals surface area contributed by atoms with Gasteiger partial charge in [-0.3, -0.25) is 4.79 Å². The van der Waals surface area contributed by atoms with Crippen molar-refractivity contribution in [1.82, 2.24) is 10.3 Å². The van der Waals surface area contributed by atoms with Gasteiger partial charge < -0.3 is 19.5 Å². The fraction of sp³-hybridized carbons (Fsp3) is 0.107. The number of furan rings is 1. The Labute approximate surface area is 202 Å². The van der Waals surface area contributed by atoms with E-state index in [1.54, 1.807) is 12.3 Å². The zero-order valence-corrected chi connectivity index (χ0v) is 19.1. The van der Waals surface area contributed by atoms with Crippen molar-refractivity contribution in [3.05, 3.63) is 119 Å². The van der Waals surface area contributed by atoms with Gasteiger partial charge in [0.05, 0.1) is 12.8 Å². The number of benzene rings is 3. The van der Waals surface area contributed by atoms with Crippen LogP contribution in [0.3, 0.4) is 0 Å². The predicted octanol–water partition coefficient (Wildman–Crippen LogP) is 7.05. The number of fused-ring (bicyclic) bond motifs is 1. The van der Waals surface area contributed by atoms with Crippen molar-refractivity contribution in [2.24, 2.45) is 0 Å². The maximum absolute atomic E-state index is 13.0. The van der Waals surface area contributed by atoms with Crippen LogP contribution in [0.1, 0.15) is 29.2 Å². The van der Waals surface area contributed by atoms with Crippen molar-refractivity contribution in [3.8, 4) is 11.5 Å². The molecule has 0 bridgehead atoms. The van der Waals surface area contributed by atoms with Crippen LogP contribution in [-0.4, -0.2) is 10.9 Å². The van der Waals surface area contributed by atoms with E-state index in [-0.39, 0.29) is 18.2 Å². The molecule has 5 rings (SSSR count). The van der Waals surface area contributed by atoms with Crippen LogP contribution in [-0.2, 0) is 11.3 Å². The SMILES string of the molecule is O=C(C[C@H](c1cccc(Oc2ccccc2)c1)c1c[nH]c2ccc(Cl)cc12)NCc1ccco1. The van der Waals surface area contributed by atoms with E-state index in [1.807, 2.05) is 85.1 Å². The highest BCUT2D eigenvalue weighted by Crippen LogP contribution is 2.36. The molecule has 170 valence electrons. The summed E-state index contributed by atoms with van der Waals surface area (Å²) in [4.78, 5) is 16.3. The molecule has 34 heavy (non-hydrogen) atoms. The molecule has 2 heterocycles. The van der Waals surface area contributed by atoms with E-state index in [9.17, 15) is 4.79 Å². The Bertz CT molecular complexity index is 1390. The fourth-order valence-electron chi connectivity index (χ4n) is 4.09. The molecule has 0 saturated carbocycles. The lowest BCUT2D eigenvalue weighted by Gasteiger charge is -2.18. The number of carbonyl (C=O) groups is 1. The minimum atomic E-state index is -0.205. The Balaban J connectivity index is 1.47. The van der Waals surface area contributed by atoms with E-state index >= 15 is 0 Å². The van der Waals surface area contributed by atoms with Crippen LogP contribution in [0, 0.1) is 0 Å². The molecule has 1 amide bonds. The summed E-state index contributed by atoms with van der Waals surface area (Å²) in [7, 11) is 0. The van der Waals surface area contributed by atoms with Gasteiger partial charge in [-0.15, -0.1) is 0 Å². The smallest absolute Gasteiger partial charge is 0.221 e.